The highest BCUT2D eigenvalue weighted by Gasteiger charge is 2.46. The summed E-state index contributed by atoms with van der Waals surface area (Å²) in [6.07, 6.45) is 4.07. The lowest BCUT2D eigenvalue weighted by Gasteiger charge is -2.27. The molecule has 1 aliphatic heterocycles. The van der Waals surface area contributed by atoms with Crippen LogP contribution < -0.4 is 5.32 Å². The third kappa shape index (κ3) is 2.29. The molecule has 1 aromatic rings. The molecule has 1 aromatic heterocycles. The highest BCUT2D eigenvalue weighted by molar-refractivity contribution is 5.09. The van der Waals surface area contributed by atoms with Crippen LogP contribution in [0, 0.1) is 18.3 Å². The summed E-state index contributed by atoms with van der Waals surface area (Å²) in [6, 6.07) is 6.12. The van der Waals surface area contributed by atoms with Crippen LogP contribution in [0.2, 0.25) is 0 Å². The van der Waals surface area contributed by atoms with Crippen LogP contribution in [0.25, 0.3) is 0 Å². The normalized spacial score (nSPS) is 30.6. The molecule has 0 amide bonds. The lowest BCUT2D eigenvalue weighted by molar-refractivity contribution is 0.0295. The fourth-order valence-corrected chi connectivity index (χ4v) is 3.54. The Hall–Kier alpha value is -0.930. The van der Waals surface area contributed by atoms with Gasteiger partial charge in [-0.25, -0.2) is 0 Å². The molecule has 0 bridgehead atoms. The molecule has 2 atom stereocenters. The summed E-state index contributed by atoms with van der Waals surface area (Å²) < 4.78 is 5.96. The van der Waals surface area contributed by atoms with Gasteiger partial charge < -0.3 is 10.1 Å². The van der Waals surface area contributed by atoms with E-state index in [9.17, 15) is 0 Å². The number of fused-ring (bicyclic) bond motifs is 1. The predicted octanol–water partition coefficient (Wildman–Crippen LogP) is 2.30. The zero-order chi connectivity index (χ0) is 12.4. The number of hydrogen-bond acceptors (Lipinski definition) is 3. The lowest BCUT2D eigenvalue weighted by Crippen LogP contribution is -2.31. The van der Waals surface area contributed by atoms with Crippen LogP contribution in [-0.4, -0.2) is 24.7 Å². The Morgan fingerprint density at radius 2 is 2.44 bits per heavy atom. The Morgan fingerprint density at radius 3 is 3.33 bits per heavy atom. The maximum Gasteiger partial charge on any atom is 0.0888 e. The maximum absolute atomic E-state index is 5.96. The zero-order valence-corrected chi connectivity index (χ0v) is 11.1. The monoisotopic (exact) mass is 246 g/mol. The smallest absolute Gasteiger partial charge is 0.0888 e. The van der Waals surface area contributed by atoms with Crippen molar-refractivity contribution >= 4 is 0 Å². The van der Waals surface area contributed by atoms with Gasteiger partial charge in [-0.3, -0.25) is 4.98 Å². The third-order valence-corrected chi connectivity index (χ3v) is 4.55. The van der Waals surface area contributed by atoms with Crippen molar-refractivity contribution in [1.82, 2.24) is 10.3 Å². The quantitative estimate of drug-likeness (QED) is 0.885. The number of aromatic nitrogens is 1. The highest BCUT2D eigenvalue weighted by atomic mass is 16.5. The molecule has 3 rings (SSSR count). The van der Waals surface area contributed by atoms with Gasteiger partial charge in [0.15, 0.2) is 0 Å². The molecular weight excluding hydrogens is 224 g/mol. The van der Waals surface area contributed by atoms with Gasteiger partial charge in [0.2, 0.25) is 0 Å². The van der Waals surface area contributed by atoms with Gasteiger partial charge in [0, 0.05) is 17.7 Å². The van der Waals surface area contributed by atoms with Gasteiger partial charge in [0.25, 0.3) is 0 Å². The number of hydrogen-bond donors (Lipinski definition) is 1. The van der Waals surface area contributed by atoms with Crippen LogP contribution in [-0.2, 0) is 11.3 Å². The van der Waals surface area contributed by atoms with Crippen molar-refractivity contribution in [2.75, 3.05) is 19.7 Å². The molecule has 2 fully saturated rings. The minimum Gasteiger partial charge on any atom is -0.375 e. The Labute approximate surface area is 109 Å². The highest BCUT2D eigenvalue weighted by Crippen LogP contribution is 2.45. The molecule has 0 spiro atoms. The second-order valence-electron chi connectivity index (χ2n) is 5.85. The Bertz CT molecular complexity index is 409. The van der Waals surface area contributed by atoms with E-state index in [2.05, 4.69) is 16.4 Å². The number of nitrogens with zero attached hydrogens (tertiary/aromatic N) is 1. The van der Waals surface area contributed by atoms with E-state index < -0.39 is 0 Å². The van der Waals surface area contributed by atoms with Crippen LogP contribution in [0.4, 0.5) is 0 Å². The molecule has 0 aromatic carbocycles. The van der Waals surface area contributed by atoms with Gasteiger partial charge in [0.1, 0.15) is 0 Å². The first-order valence-electron chi connectivity index (χ1n) is 7.00. The molecule has 3 nitrogen and oxygen atoms in total. The first-order valence-corrected chi connectivity index (χ1v) is 7.00. The van der Waals surface area contributed by atoms with E-state index in [0.29, 0.717) is 12.0 Å². The molecule has 0 radical (unpaired) electrons. The molecule has 1 N–H and O–H groups in total. The first-order chi connectivity index (χ1) is 8.78. The van der Waals surface area contributed by atoms with E-state index in [1.807, 2.05) is 19.1 Å². The summed E-state index contributed by atoms with van der Waals surface area (Å²) in [6.45, 7) is 5.89. The summed E-state index contributed by atoms with van der Waals surface area (Å²) in [4.78, 5) is 4.48. The number of pyridine rings is 1. The van der Waals surface area contributed by atoms with Crippen molar-refractivity contribution in [1.29, 1.82) is 0 Å². The molecule has 98 valence electrons. The maximum atomic E-state index is 5.96. The molecule has 0 unspecified atom stereocenters. The summed E-state index contributed by atoms with van der Waals surface area (Å²) in [7, 11) is 0. The van der Waals surface area contributed by atoms with Crippen LogP contribution >= 0.6 is 0 Å². The summed E-state index contributed by atoms with van der Waals surface area (Å²) in [5, 5.41) is 3.53. The van der Waals surface area contributed by atoms with E-state index >= 15 is 0 Å². The number of ether oxygens (including phenoxy) is 1. The molecule has 1 saturated carbocycles. The molecule has 2 heterocycles. The molecule has 1 aliphatic carbocycles. The minimum atomic E-state index is 0.420. The Morgan fingerprint density at radius 1 is 1.50 bits per heavy atom. The van der Waals surface area contributed by atoms with Crippen molar-refractivity contribution < 1.29 is 4.74 Å². The van der Waals surface area contributed by atoms with E-state index in [1.165, 1.54) is 25.8 Å². The van der Waals surface area contributed by atoms with Crippen molar-refractivity contribution in [2.45, 2.75) is 32.8 Å². The molecule has 18 heavy (non-hydrogen) atoms. The number of nitrogens with one attached hydrogen (secondary N) is 1. The fourth-order valence-electron chi connectivity index (χ4n) is 3.54. The van der Waals surface area contributed by atoms with Gasteiger partial charge in [-0.2, -0.15) is 0 Å². The van der Waals surface area contributed by atoms with Gasteiger partial charge >= 0.3 is 0 Å². The topological polar surface area (TPSA) is 34.1 Å². The Balaban J connectivity index is 1.55. The van der Waals surface area contributed by atoms with Gasteiger partial charge in [-0.1, -0.05) is 12.5 Å². The lowest BCUT2D eigenvalue weighted by atomic mass is 9.82. The van der Waals surface area contributed by atoms with Crippen LogP contribution in [0.5, 0.6) is 0 Å². The molecule has 2 aliphatic rings. The molecule has 3 heteroatoms. The van der Waals surface area contributed by atoms with Crippen molar-refractivity contribution in [3.63, 3.8) is 0 Å². The van der Waals surface area contributed by atoms with Crippen molar-refractivity contribution in [2.24, 2.45) is 11.3 Å². The second-order valence-corrected chi connectivity index (χ2v) is 5.85. The van der Waals surface area contributed by atoms with E-state index in [-0.39, 0.29) is 0 Å². The zero-order valence-electron chi connectivity index (χ0n) is 11.1. The van der Waals surface area contributed by atoms with E-state index in [1.54, 1.807) is 0 Å². The van der Waals surface area contributed by atoms with Crippen LogP contribution in [0.3, 0.4) is 0 Å². The van der Waals surface area contributed by atoms with Crippen molar-refractivity contribution in [3.05, 3.63) is 29.6 Å². The standard InChI is InChI=1S/C15H22N2O/c1-12-4-2-6-14(17-12)9-18-11-15-7-3-5-13(15)8-16-10-15/h2,4,6,13,16H,3,5,7-11H2,1H3/t13-,15+/m1/s1. The van der Waals surface area contributed by atoms with E-state index in [0.717, 1.165) is 30.5 Å². The number of rotatable bonds is 4. The summed E-state index contributed by atoms with van der Waals surface area (Å²) >= 11 is 0. The Kier molecular flexibility index (Phi) is 3.35. The van der Waals surface area contributed by atoms with Crippen molar-refractivity contribution in [3.8, 4) is 0 Å². The SMILES string of the molecule is Cc1cccc(COC[C@@]23CCC[C@@H]2CNC3)n1. The molecular formula is C15H22N2O. The average molecular weight is 246 g/mol. The summed E-state index contributed by atoms with van der Waals surface area (Å²) in [5.41, 5.74) is 2.53. The molecule has 1 saturated heterocycles. The average Bonchev–Trinajstić information content (AvgIpc) is 2.88. The van der Waals surface area contributed by atoms with Crippen LogP contribution in [0.1, 0.15) is 30.7 Å². The predicted molar refractivity (Wildman–Crippen MR) is 71.3 cm³/mol. The van der Waals surface area contributed by atoms with Gasteiger partial charge in [0.05, 0.1) is 18.9 Å². The minimum absolute atomic E-state index is 0.420. The van der Waals surface area contributed by atoms with Gasteiger partial charge in [-0.15, -0.1) is 0 Å². The van der Waals surface area contributed by atoms with E-state index in [4.69, 9.17) is 4.74 Å². The summed E-state index contributed by atoms with van der Waals surface area (Å²) in [5.74, 6) is 0.836. The second kappa shape index (κ2) is 4.98. The number of aryl methyl sites for hydroxylation is 1. The largest absolute Gasteiger partial charge is 0.375 e. The van der Waals surface area contributed by atoms with Crippen LogP contribution in [0.15, 0.2) is 18.2 Å². The first kappa shape index (κ1) is 12.1. The fraction of sp³-hybridized carbons (Fsp3) is 0.667. The van der Waals surface area contributed by atoms with Gasteiger partial charge in [-0.05, 0) is 44.4 Å². The third-order valence-electron chi connectivity index (χ3n) is 4.55.